The van der Waals surface area contributed by atoms with E-state index in [4.69, 9.17) is 5.26 Å². The molecule has 2 N–H and O–H groups in total. The molecule has 2 aromatic rings. The normalized spacial score (nSPS) is 11.0. The van der Waals surface area contributed by atoms with E-state index in [1.165, 1.54) is 9.75 Å². The largest absolute Gasteiger partial charge is 0.352 e. The first-order chi connectivity index (χ1) is 10.2. The average molecular weight is 298 g/mol. The van der Waals surface area contributed by atoms with Crippen LogP contribution in [0.25, 0.3) is 0 Å². The summed E-state index contributed by atoms with van der Waals surface area (Å²) in [5.41, 5.74) is 1.79. The Hall–Kier alpha value is -2.32. The number of thiophene rings is 1. The second kappa shape index (κ2) is 7.46. The molecule has 1 heterocycles. The van der Waals surface area contributed by atoms with Gasteiger partial charge in [-0.25, -0.2) is 0 Å². The van der Waals surface area contributed by atoms with Crippen molar-refractivity contribution in [3.05, 3.63) is 57.3 Å². The molecule has 0 saturated heterocycles. The lowest BCUT2D eigenvalue weighted by molar-refractivity contribution is 0.815. The lowest BCUT2D eigenvalue weighted by Crippen LogP contribution is -2.36. The van der Waals surface area contributed by atoms with E-state index in [0.717, 1.165) is 18.1 Å². The number of nitrogens with zero attached hydrogens (tertiary/aromatic N) is 2. The van der Waals surface area contributed by atoms with Crippen molar-refractivity contribution in [3.63, 3.8) is 0 Å². The van der Waals surface area contributed by atoms with Crippen molar-refractivity contribution >= 4 is 17.3 Å². The number of aryl methyl sites for hydroxylation is 1. The maximum Gasteiger partial charge on any atom is 0.191 e. The van der Waals surface area contributed by atoms with Crippen molar-refractivity contribution in [2.75, 3.05) is 7.05 Å². The Labute approximate surface area is 129 Å². The van der Waals surface area contributed by atoms with Crippen LogP contribution in [0.15, 0.2) is 41.4 Å². The van der Waals surface area contributed by atoms with Gasteiger partial charge in [-0.3, -0.25) is 4.99 Å². The van der Waals surface area contributed by atoms with Crippen LogP contribution < -0.4 is 10.6 Å². The van der Waals surface area contributed by atoms with Crippen molar-refractivity contribution in [2.24, 2.45) is 4.99 Å². The van der Waals surface area contributed by atoms with Crippen molar-refractivity contribution in [1.29, 1.82) is 5.26 Å². The van der Waals surface area contributed by atoms with E-state index in [0.29, 0.717) is 12.1 Å². The van der Waals surface area contributed by atoms with Crippen LogP contribution in [0.4, 0.5) is 0 Å². The first-order valence-corrected chi connectivity index (χ1v) is 7.52. The van der Waals surface area contributed by atoms with Crippen molar-refractivity contribution in [2.45, 2.75) is 20.0 Å². The fraction of sp³-hybridized carbons (Fsp3) is 0.250. The number of rotatable bonds is 4. The van der Waals surface area contributed by atoms with Crippen molar-refractivity contribution in [3.8, 4) is 6.07 Å². The minimum absolute atomic E-state index is 0.675. The number of nitrogens with one attached hydrogen (secondary N) is 2. The molecule has 0 atom stereocenters. The molecule has 2 rings (SSSR count). The highest BCUT2D eigenvalue weighted by Gasteiger charge is 2.01. The monoisotopic (exact) mass is 298 g/mol. The van der Waals surface area contributed by atoms with Crippen molar-refractivity contribution in [1.82, 2.24) is 10.6 Å². The van der Waals surface area contributed by atoms with Gasteiger partial charge in [0.25, 0.3) is 0 Å². The second-order valence-corrected chi connectivity index (χ2v) is 5.97. The average Bonchev–Trinajstić information content (AvgIpc) is 2.93. The molecular weight excluding hydrogens is 280 g/mol. The Balaban J connectivity index is 1.83. The summed E-state index contributed by atoms with van der Waals surface area (Å²) in [6.07, 6.45) is 0. The molecule has 1 aromatic heterocycles. The third kappa shape index (κ3) is 4.62. The number of aliphatic imine (C=N–C) groups is 1. The van der Waals surface area contributed by atoms with Gasteiger partial charge in [0.05, 0.1) is 18.2 Å². The van der Waals surface area contributed by atoms with Crippen LogP contribution in [0.3, 0.4) is 0 Å². The van der Waals surface area contributed by atoms with E-state index >= 15 is 0 Å². The maximum atomic E-state index is 8.77. The maximum absolute atomic E-state index is 8.77. The smallest absolute Gasteiger partial charge is 0.191 e. The van der Waals surface area contributed by atoms with E-state index in [2.05, 4.69) is 40.8 Å². The zero-order valence-electron chi connectivity index (χ0n) is 12.2. The zero-order chi connectivity index (χ0) is 15.1. The Bertz CT molecular complexity index is 650. The van der Waals surface area contributed by atoms with E-state index in [1.54, 1.807) is 18.4 Å². The zero-order valence-corrected chi connectivity index (χ0v) is 13.0. The summed E-state index contributed by atoms with van der Waals surface area (Å²) in [5, 5.41) is 15.3. The van der Waals surface area contributed by atoms with Crippen LogP contribution >= 0.6 is 11.3 Å². The number of hydrogen-bond acceptors (Lipinski definition) is 3. The molecule has 0 amide bonds. The Morgan fingerprint density at radius 3 is 2.43 bits per heavy atom. The first-order valence-electron chi connectivity index (χ1n) is 6.70. The summed E-state index contributed by atoms with van der Waals surface area (Å²) < 4.78 is 0. The molecule has 0 saturated carbocycles. The highest BCUT2D eigenvalue weighted by atomic mass is 32.1. The molecule has 0 aliphatic rings. The van der Waals surface area contributed by atoms with Gasteiger partial charge >= 0.3 is 0 Å². The Kier molecular flexibility index (Phi) is 5.35. The number of guanidine groups is 1. The molecule has 0 unspecified atom stereocenters. The lowest BCUT2D eigenvalue weighted by atomic mass is 10.1. The number of nitriles is 1. The molecule has 5 heteroatoms. The van der Waals surface area contributed by atoms with E-state index in [-0.39, 0.29) is 0 Å². The number of hydrogen-bond donors (Lipinski definition) is 2. The van der Waals surface area contributed by atoms with Gasteiger partial charge in [0.15, 0.2) is 5.96 Å². The second-order valence-electron chi connectivity index (χ2n) is 4.60. The minimum Gasteiger partial charge on any atom is -0.352 e. The molecule has 1 aromatic carbocycles. The van der Waals surface area contributed by atoms with Gasteiger partial charge in [-0.1, -0.05) is 12.1 Å². The summed E-state index contributed by atoms with van der Waals surface area (Å²) in [6, 6.07) is 13.9. The topological polar surface area (TPSA) is 60.2 Å². The summed E-state index contributed by atoms with van der Waals surface area (Å²) in [6.45, 7) is 3.55. The standard InChI is InChI=1S/C16H18N4S/c1-12-3-8-15(21-12)11-20-16(18-2)19-10-14-6-4-13(9-17)5-7-14/h3-8H,10-11H2,1-2H3,(H2,18,19,20). The van der Waals surface area contributed by atoms with Crippen LogP contribution in [0.1, 0.15) is 20.9 Å². The van der Waals surface area contributed by atoms with Crippen LogP contribution in [0, 0.1) is 18.3 Å². The molecule has 4 nitrogen and oxygen atoms in total. The molecule has 0 aliphatic heterocycles. The molecule has 0 spiro atoms. The van der Waals surface area contributed by atoms with Gasteiger partial charge in [0, 0.05) is 23.3 Å². The minimum atomic E-state index is 0.675. The lowest BCUT2D eigenvalue weighted by Gasteiger charge is -2.11. The predicted octanol–water partition coefficient (Wildman–Crippen LogP) is 2.79. The SMILES string of the molecule is CN=C(NCc1ccc(C#N)cc1)NCc1ccc(C)s1. The summed E-state index contributed by atoms with van der Waals surface area (Å²) >= 11 is 1.78. The highest BCUT2D eigenvalue weighted by molar-refractivity contribution is 7.11. The molecule has 0 bridgehead atoms. The molecule has 21 heavy (non-hydrogen) atoms. The molecule has 0 radical (unpaired) electrons. The highest BCUT2D eigenvalue weighted by Crippen LogP contribution is 2.14. The fourth-order valence-electron chi connectivity index (χ4n) is 1.85. The van der Waals surface area contributed by atoms with Crippen LogP contribution in [-0.2, 0) is 13.1 Å². The van der Waals surface area contributed by atoms with Crippen LogP contribution in [0.5, 0.6) is 0 Å². The van der Waals surface area contributed by atoms with Crippen LogP contribution in [-0.4, -0.2) is 13.0 Å². The Morgan fingerprint density at radius 1 is 1.14 bits per heavy atom. The first kappa shape index (κ1) is 15.1. The predicted molar refractivity (Wildman–Crippen MR) is 87.3 cm³/mol. The Morgan fingerprint density at radius 2 is 1.86 bits per heavy atom. The van der Waals surface area contributed by atoms with Gasteiger partial charge in [0.2, 0.25) is 0 Å². The number of benzene rings is 1. The van der Waals surface area contributed by atoms with Gasteiger partial charge in [0.1, 0.15) is 0 Å². The molecule has 0 fully saturated rings. The third-order valence-corrected chi connectivity index (χ3v) is 3.99. The summed E-state index contributed by atoms with van der Waals surface area (Å²) in [7, 11) is 1.76. The summed E-state index contributed by atoms with van der Waals surface area (Å²) in [4.78, 5) is 6.80. The molecule has 108 valence electrons. The van der Waals surface area contributed by atoms with Crippen molar-refractivity contribution < 1.29 is 0 Å². The van der Waals surface area contributed by atoms with Gasteiger partial charge in [-0.2, -0.15) is 5.26 Å². The van der Waals surface area contributed by atoms with Gasteiger partial charge in [-0.05, 0) is 36.8 Å². The fourth-order valence-corrected chi connectivity index (χ4v) is 2.68. The summed E-state index contributed by atoms with van der Waals surface area (Å²) in [5.74, 6) is 0.769. The quantitative estimate of drug-likeness (QED) is 0.674. The third-order valence-electron chi connectivity index (χ3n) is 2.99. The van der Waals surface area contributed by atoms with Gasteiger partial charge in [-0.15, -0.1) is 11.3 Å². The van der Waals surface area contributed by atoms with E-state index < -0.39 is 0 Å². The molecule has 0 aliphatic carbocycles. The van der Waals surface area contributed by atoms with Gasteiger partial charge < -0.3 is 10.6 Å². The van der Waals surface area contributed by atoms with E-state index in [1.807, 2.05) is 24.3 Å². The van der Waals surface area contributed by atoms with Crippen LogP contribution in [0.2, 0.25) is 0 Å². The van der Waals surface area contributed by atoms with E-state index in [9.17, 15) is 0 Å². The molecular formula is C16H18N4S.